The summed E-state index contributed by atoms with van der Waals surface area (Å²) in [6, 6.07) is 7.44. The van der Waals surface area contributed by atoms with Crippen LogP contribution >= 0.6 is 23.2 Å². The Labute approximate surface area is 208 Å². The van der Waals surface area contributed by atoms with Gasteiger partial charge in [0, 0.05) is 24.5 Å². The van der Waals surface area contributed by atoms with E-state index in [1.54, 1.807) is 14.2 Å². The Morgan fingerprint density at radius 3 is 2.68 bits per heavy atom. The monoisotopic (exact) mass is 503 g/mol. The Bertz CT molecular complexity index is 1220. The number of ether oxygens (including phenoxy) is 5. The van der Waals surface area contributed by atoms with Gasteiger partial charge in [0.25, 0.3) is 0 Å². The summed E-state index contributed by atoms with van der Waals surface area (Å²) < 4.78 is 29.0. The van der Waals surface area contributed by atoms with Crippen LogP contribution in [0.2, 0.25) is 10.0 Å². The molecule has 0 aliphatic carbocycles. The van der Waals surface area contributed by atoms with Crippen LogP contribution in [0, 0.1) is 5.92 Å². The van der Waals surface area contributed by atoms with E-state index in [1.807, 2.05) is 32.1 Å². The van der Waals surface area contributed by atoms with Crippen molar-refractivity contribution < 1.29 is 23.7 Å². The van der Waals surface area contributed by atoms with E-state index in [1.165, 1.54) is 6.33 Å². The molecule has 3 aromatic rings. The fraction of sp³-hybridized carbons (Fsp3) is 0.391. The molecular weight excluding hydrogens is 480 g/mol. The Kier molecular flexibility index (Phi) is 6.73. The van der Waals surface area contributed by atoms with Crippen molar-refractivity contribution in [1.29, 1.82) is 0 Å². The molecule has 0 saturated carbocycles. The minimum Gasteiger partial charge on any atom is -0.493 e. The van der Waals surface area contributed by atoms with E-state index >= 15 is 0 Å². The van der Waals surface area contributed by atoms with Gasteiger partial charge in [-0.05, 0) is 12.1 Å². The lowest BCUT2D eigenvalue weighted by Gasteiger charge is -2.18. The quantitative estimate of drug-likeness (QED) is 0.493. The number of fused-ring (bicyclic) bond motifs is 2. The van der Waals surface area contributed by atoms with Gasteiger partial charge in [-0.2, -0.15) is 0 Å². The maximum atomic E-state index is 6.43. The lowest BCUT2D eigenvalue weighted by atomic mass is 9.96. The molecule has 4 atom stereocenters. The number of aromatic nitrogens is 2. The van der Waals surface area contributed by atoms with Crippen molar-refractivity contribution in [2.45, 2.75) is 18.3 Å². The second kappa shape index (κ2) is 9.75. The topological polar surface area (TPSA) is 84.0 Å². The first-order valence-corrected chi connectivity index (χ1v) is 11.7. The number of halogens is 2. The van der Waals surface area contributed by atoms with Crippen LogP contribution in [0.15, 0.2) is 30.6 Å². The summed E-state index contributed by atoms with van der Waals surface area (Å²) in [5.41, 5.74) is 2.24. The predicted molar refractivity (Wildman–Crippen MR) is 133 cm³/mol. The standard InChI is InChI=1S/C23H24BCl2N3O5/c1-30-16-5-12-15(27-10-28-23(12)29-14-4-3-13(24)19(25)20(14)26)6-17(16)32-7-11-8-33-22-18(31-2)9-34-21(11)22/h3-6,10-11,18,21-22H,7-9,24H2,1-2H3,(H,27,28,29)/t11-,18+,21-,22-/m1/s1. The molecule has 3 heterocycles. The molecule has 2 aliphatic rings. The second-order valence-electron chi connectivity index (χ2n) is 8.37. The van der Waals surface area contributed by atoms with Crippen molar-refractivity contribution in [3.05, 3.63) is 40.6 Å². The number of benzene rings is 2. The maximum absolute atomic E-state index is 6.43. The van der Waals surface area contributed by atoms with Crippen LogP contribution < -0.4 is 20.3 Å². The van der Waals surface area contributed by atoms with Crippen molar-refractivity contribution in [3.63, 3.8) is 0 Å². The zero-order valence-corrected chi connectivity index (χ0v) is 20.5. The zero-order valence-electron chi connectivity index (χ0n) is 19.0. The van der Waals surface area contributed by atoms with Crippen LogP contribution in [-0.2, 0) is 14.2 Å². The van der Waals surface area contributed by atoms with Gasteiger partial charge in [0.15, 0.2) is 11.5 Å². The van der Waals surface area contributed by atoms with Crippen LogP contribution in [0.5, 0.6) is 11.5 Å². The largest absolute Gasteiger partial charge is 0.493 e. The number of nitrogens with one attached hydrogen (secondary N) is 1. The van der Waals surface area contributed by atoms with Crippen molar-refractivity contribution in [2.75, 3.05) is 39.4 Å². The molecule has 178 valence electrons. The molecule has 8 nitrogen and oxygen atoms in total. The molecule has 11 heteroatoms. The highest BCUT2D eigenvalue weighted by molar-refractivity contribution is 6.51. The van der Waals surface area contributed by atoms with Gasteiger partial charge in [-0.3, -0.25) is 0 Å². The fourth-order valence-electron chi connectivity index (χ4n) is 4.39. The Morgan fingerprint density at radius 1 is 1.06 bits per heavy atom. The van der Waals surface area contributed by atoms with Gasteiger partial charge in [-0.1, -0.05) is 34.7 Å². The molecule has 0 bridgehead atoms. The zero-order chi connectivity index (χ0) is 23.8. The lowest BCUT2D eigenvalue weighted by Crippen LogP contribution is -2.32. The predicted octanol–water partition coefficient (Wildman–Crippen LogP) is 2.75. The number of rotatable bonds is 7. The van der Waals surface area contributed by atoms with Crippen LogP contribution in [-0.4, -0.2) is 70.2 Å². The third-order valence-corrected chi connectivity index (χ3v) is 7.29. The molecular formula is C23H24BCl2N3O5. The van der Waals surface area contributed by atoms with Gasteiger partial charge in [-0.25, -0.2) is 9.97 Å². The molecule has 0 amide bonds. The molecule has 1 N–H and O–H groups in total. The Balaban J connectivity index is 1.38. The van der Waals surface area contributed by atoms with Gasteiger partial charge in [0.1, 0.15) is 32.2 Å². The summed E-state index contributed by atoms with van der Waals surface area (Å²) in [5.74, 6) is 1.83. The molecule has 2 saturated heterocycles. The molecule has 0 spiro atoms. The van der Waals surface area contributed by atoms with Gasteiger partial charge >= 0.3 is 0 Å². The van der Waals surface area contributed by atoms with Crippen molar-refractivity contribution in [1.82, 2.24) is 9.97 Å². The molecule has 2 aliphatic heterocycles. The lowest BCUT2D eigenvalue weighted by molar-refractivity contribution is -0.0104. The third kappa shape index (κ3) is 4.27. The van der Waals surface area contributed by atoms with E-state index in [9.17, 15) is 0 Å². The summed E-state index contributed by atoms with van der Waals surface area (Å²) in [4.78, 5) is 8.81. The molecule has 0 unspecified atom stereocenters. The molecule has 0 radical (unpaired) electrons. The van der Waals surface area contributed by atoms with E-state index in [0.717, 1.165) is 10.8 Å². The van der Waals surface area contributed by atoms with Gasteiger partial charge in [0.2, 0.25) is 0 Å². The molecule has 1 aromatic heterocycles. The number of anilines is 2. The van der Waals surface area contributed by atoms with E-state index in [0.29, 0.717) is 58.4 Å². The summed E-state index contributed by atoms with van der Waals surface area (Å²) in [6.07, 6.45) is 1.35. The summed E-state index contributed by atoms with van der Waals surface area (Å²) >= 11 is 12.7. The minimum atomic E-state index is -0.0550. The first kappa shape index (κ1) is 23.4. The van der Waals surface area contributed by atoms with Gasteiger partial charge in [0.05, 0.1) is 54.3 Å². The molecule has 34 heavy (non-hydrogen) atoms. The third-order valence-electron chi connectivity index (χ3n) is 6.32. The maximum Gasteiger partial charge on any atom is 0.163 e. The highest BCUT2D eigenvalue weighted by Crippen LogP contribution is 2.38. The summed E-state index contributed by atoms with van der Waals surface area (Å²) in [7, 11) is 5.17. The van der Waals surface area contributed by atoms with Crippen LogP contribution in [0.3, 0.4) is 0 Å². The smallest absolute Gasteiger partial charge is 0.163 e. The highest BCUT2D eigenvalue weighted by atomic mass is 35.5. The second-order valence-corrected chi connectivity index (χ2v) is 9.12. The van der Waals surface area contributed by atoms with E-state index < -0.39 is 0 Å². The normalized spacial score (nSPS) is 23.8. The number of nitrogens with zero attached hydrogens (tertiary/aromatic N) is 2. The molecule has 2 aromatic carbocycles. The molecule has 2 fully saturated rings. The first-order valence-electron chi connectivity index (χ1n) is 10.9. The van der Waals surface area contributed by atoms with Crippen molar-refractivity contribution >= 4 is 58.9 Å². The summed E-state index contributed by atoms with van der Waals surface area (Å²) in [6.45, 7) is 1.51. The van der Waals surface area contributed by atoms with E-state index in [-0.39, 0.29) is 24.2 Å². The van der Waals surface area contributed by atoms with Gasteiger partial charge < -0.3 is 29.0 Å². The minimum absolute atomic E-state index is 0.0373. The highest BCUT2D eigenvalue weighted by Gasteiger charge is 2.48. The fourth-order valence-corrected chi connectivity index (χ4v) is 4.82. The van der Waals surface area contributed by atoms with Crippen LogP contribution in [0.4, 0.5) is 11.5 Å². The Morgan fingerprint density at radius 2 is 1.88 bits per heavy atom. The summed E-state index contributed by atoms with van der Waals surface area (Å²) in [5, 5.41) is 4.94. The number of hydrogen-bond acceptors (Lipinski definition) is 8. The van der Waals surface area contributed by atoms with Crippen molar-refractivity contribution in [3.8, 4) is 11.5 Å². The average Bonchev–Trinajstić information content (AvgIpc) is 3.44. The molecule has 5 rings (SSSR count). The van der Waals surface area contributed by atoms with E-state index in [2.05, 4.69) is 15.3 Å². The van der Waals surface area contributed by atoms with Crippen LogP contribution in [0.25, 0.3) is 10.9 Å². The van der Waals surface area contributed by atoms with Gasteiger partial charge in [-0.15, -0.1) is 0 Å². The number of methoxy groups -OCH3 is 2. The Hall–Kier alpha value is -2.30. The average molecular weight is 504 g/mol. The first-order chi connectivity index (χ1) is 16.5. The van der Waals surface area contributed by atoms with Crippen LogP contribution in [0.1, 0.15) is 0 Å². The van der Waals surface area contributed by atoms with E-state index in [4.69, 9.17) is 46.9 Å². The number of hydrogen-bond donors (Lipinski definition) is 1. The van der Waals surface area contributed by atoms with Crippen molar-refractivity contribution in [2.24, 2.45) is 5.92 Å². The SMILES string of the molecule is Bc1ccc(Nc2ncnc3cc(OC[C@@H]4CO[C@H]5[C@@H]4OC[C@@H]5OC)c(OC)cc23)c(Cl)c1Cl.